The Labute approximate surface area is 150 Å². The summed E-state index contributed by atoms with van der Waals surface area (Å²) < 4.78 is 31.6. The highest BCUT2D eigenvalue weighted by Gasteiger charge is 1.92. The molecule has 0 saturated heterocycles. The first-order chi connectivity index (χ1) is 12.3. The van der Waals surface area contributed by atoms with Crippen molar-refractivity contribution in [3.05, 3.63) is 79.0 Å². The fourth-order valence-electron chi connectivity index (χ4n) is 2.07. The predicted molar refractivity (Wildman–Crippen MR) is 99.3 cm³/mol. The highest BCUT2D eigenvalue weighted by Crippen LogP contribution is 2.14. The summed E-state index contributed by atoms with van der Waals surface area (Å²) in [5, 5.41) is 11.3. The van der Waals surface area contributed by atoms with E-state index in [1.807, 2.05) is 60.8 Å². The van der Waals surface area contributed by atoms with Gasteiger partial charge in [0.25, 0.3) is 0 Å². The average Bonchev–Trinajstić information content (AvgIpc) is 2.61. The van der Waals surface area contributed by atoms with Crippen LogP contribution < -0.4 is 0 Å². The fraction of sp³-hybridized carbons (Fsp3) is 0. The van der Waals surface area contributed by atoms with E-state index in [9.17, 15) is 0 Å². The van der Waals surface area contributed by atoms with Crippen molar-refractivity contribution in [1.82, 2.24) is 9.97 Å². The zero-order valence-corrected chi connectivity index (χ0v) is 14.3. The third kappa shape index (κ3) is 6.81. The summed E-state index contributed by atoms with van der Waals surface area (Å²) in [6, 6.07) is 23.2. The first-order valence-electron chi connectivity index (χ1n) is 7.37. The minimum absolute atomic E-state index is 0.0729. The van der Waals surface area contributed by atoms with Crippen LogP contribution in [0.2, 0.25) is 0 Å². The van der Waals surface area contributed by atoms with Gasteiger partial charge in [-0.3, -0.25) is 14.1 Å². The van der Waals surface area contributed by atoms with Crippen LogP contribution in [0, 0.1) is 0 Å². The lowest BCUT2D eigenvalue weighted by atomic mass is 10.2. The number of hydrogen-bond donors (Lipinski definition) is 3. The van der Waals surface area contributed by atoms with Crippen LogP contribution in [0.5, 0.6) is 5.88 Å². The average molecular weight is 372 g/mol. The van der Waals surface area contributed by atoms with E-state index >= 15 is 0 Å². The Morgan fingerprint density at radius 3 is 1.81 bits per heavy atom. The topological polar surface area (TPSA) is 121 Å². The van der Waals surface area contributed by atoms with E-state index < -0.39 is 10.4 Å². The van der Waals surface area contributed by atoms with Crippen molar-refractivity contribution in [2.24, 2.45) is 0 Å². The lowest BCUT2D eigenvalue weighted by Gasteiger charge is -1.95. The Bertz CT molecular complexity index is 1030. The van der Waals surface area contributed by atoms with Crippen LogP contribution in [0.1, 0.15) is 0 Å². The second-order valence-electron chi connectivity index (χ2n) is 5.01. The van der Waals surface area contributed by atoms with Gasteiger partial charge in [0.05, 0.1) is 11.0 Å². The number of nitrogens with zero attached hydrogens (tertiary/aromatic N) is 2. The van der Waals surface area contributed by atoms with Crippen molar-refractivity contribution in [3.63, 3.8) is 0 Å². The van der Waals surface area contributed by atoms with E-state index in [-0.39, 0.29) is 5.88 Å². The van der Waals surface area contributed by atoms with Gasteiger partial charge in [-0.1, -0.05) is 42.5 Å². The highest BCUT2D eigenvalue weighted by molar-refractivity contribution is 7.79. The summed E-state index contributed by atoms with van der Waals surface area (Å²) in [7, 11) is -4.67. The van der Waals surface area contributed by atoms with Gasteiger partial charge in [-0.25, -0.2) is 4.98 Å². The minimum Gasteiger partial charge on any atom is -0.493 e. The van der Waals surface area contributed by atoms with Crippen molar-refractivity contribution >= 4 is 32.2 Å². The third-order valence-corrected chi connectivity index (χ3v) is 3.10. The maximum absolute atomic E-state index is 9.02. The molecular weight excluding hydrogens is 356 g/mol. The molecule has 7 nitrogen and oxygen atoms in total. The molecule has 0 aliphatic rings. The molecule has 0 bridgehead atoms. The summed E-state index contributed by atoms with van der Waals surface area (Å²) in [6.45, 7) is 0. The van der Waals surface area contributed by atoms with Crippen LogP contribution >= 0.6 is 0 Å². The summed E-state index contributed by atoms with van der Waals surface area (Å²) in [4.78, 5) is 8.11. The standard InChI is InChI=1S/C9H7NO.C9H7N.H2O4S/c11-9-6-5-7-3-1-2-4-8(7)10-9;1-2-6-9-8(4-1)5-3-7-10-9;1-5(2,3)4/h1-6H,(H,10,11);1-7H;(H2,1,2,3,4). The number of para-hydroxylation sites is 2. The molecule has 0 fully saturated rings. The van der Waals surface area contributed by atoms with Gasteiger partial charge in [-0.2, -0.15) is 8.42 Å². The molecule has 134 valence electrons. The molecule has 0 amide bonds. The Hall–Kier alpha value is -3.07. The zero-order chi connectivity index (χ0) is 19.0. The lowest BCUT2D eigenvalue weighted by molar-refractivity contribution is 0.381. The molecule has 4 aromatic rings. The van der Waals surface area contributed by atoms with Gasteiger partial charge in [-0.05, 0) is 24.3 Å². The smallest absolute Gasteiger partial charge is 0.394 e. The van der Waals surface area contributed by atoms with Crippen molar-refractivity contribution in [2.45, 2.75) is 0 Å². The molecule has 2 aromatic carbocycles. The normalized spacial score (nSPS) is 10.4. The molecule has 8 heteroatoms. The number of aromatic hydroxyl groups is 1. The largest absolute Gasteiger partial charge is 0.493 e. The van der Waals surface area contributed by atoms with E-state index in [0.29, 0.717) is 0 Å². The van der Waals surface area contributed by atoms with E-state index in [2.05, 4.69) is 22.1 Å². The molecule has 2 heterocycles. The minimum atomic E-state index is -4.67. The molecule has 2 aromatic heterocycles. The molecule has 4 rings (SSSR count). The molecule has 3 N–H and O–H groups in total. The van der Waals surface area contributed by atoms with Crippen LogP contribution in [-0.4, -0.2) is 32.6 Å². The molecule has 26 heavy (non-hydrogen) atoms. The number of rotatable bonds is 0. The number of pyridine rings is 2. The van der Waals surface area contributed by atoms with E-state index in [1.54, 1.807) is 6.07 Å². The third-order valence-electron chi connectivity index (χ3n) is 3.10. The molecular formula is C18H16N2O5S. The van der Waals surface area contributed by atoms with Crippen LogP contribution in [-0.2, 0) is 10.4 Å². The Morgan fingerprint density at radius 1 is 0.692 bits per heavy atom. The summed E-state index contributed by atoms with van der Waals surface area (Å²) >= 11 is 0. The molecule has 0 atom stereocenters. The first-order valence-corrected chi connectivity index (χ1v) is 8.77. The van der Waals surface area contributed by atoms with Gasteiger partial charge in [-0.15, -0.1) is 0 Å². The maximum Gasteiger partial charge on any atom is 0.394 e. The molecule has 0 aliphatic heterocycles. The Kier molecular flexibility index (Phi) is 6.56. The van der Waals surface area contributed by atoms with E-state index in [4.69, 9.17) is 22.6 Å². The quantitative estimate of drug-likeness (QED) is 0.404. The highest BCUT2D eigenvalue weighted by atomic mass is 32.3. The van der Waals surface area contributed by atoms with Gasteiger partial charge in [0, 0.05) is 23.0 Å². The molecule has 0 radical (unpaired) electrons. The van der Waals surface area contributed by atoms with Gasteiger partial charge in [0.2, 0.25) is 5.88 Å². The van der Waals surface area contributed by atoms with Crippen molar-refractivity contribution < 1.29 is 22.6 Å². The maximum atomic E-state index is 9.02. The van der Waals surface area contributed by atoms with Gasteiger partial charge < -0.3 is 5.11 Å². The van der Waals surface area contributed by atoms with Crippen LogP contribution in [0.4, 0.5) is 0 Å². The fourth-order valence-corrected chi connectivity index (χ4v) is 2.07. The van der Waals surface area contributed by atoms with Gasteiger partial charge >= 0.3 is 10.4 Å². The lowest BCUT2D eigenvalue weighted by Crippen LogP contribution is -1.89. The van der Waals surface area contributed by atoms with Gasteiger partial charge in [0.15, 0.2) is 0 Å². The van der Waals surface area contributed by atoms with E-state index in [1.165, 1.54) is 5.39 Å². The number of benzene rings is 2. The van der Waals surface area contributed by atoms with Crippen molar-refractivity contribution in [2.75, 3.05) is 0 Å². The first kappa shape index (κ1) is 19.3. The number of fused-ring (bicyclic) bond motifs is 2. The molecule has 0 unspecified atom stereocenters. The molecule has 0 saturated carbocycles. The van der Waals surface area contributed by atoms with Crippen molar-refractivity contribution in [3.8, 4) is 5.88 Å². The van der Waals surface area contributed by atoms with Gasteiger partial charge in [0.1, 0.15) is 0 Å². The number of hydrogen-bond acceptors (Lipinski definition) is 5. The summed E-state index contributed by atoms with van der Waals surface area (Å²) in [5.74, 6) is 0.0729. The molecule has 0 aliphatic carbocycles. The van der Waals surface area contributed by atoms with Crippen LogP contribution in [0.3, 0.4) is 0 Å². The predicted octanol–water partition coefficient (Wildman–Crippen LogP) is 3.52. The summed E-state index contributed by atoms with van der Waals surface area (Å²) in [6.07, 6.45) is 1.81. The zero-order valence-electron chi connectivity index (χ0n) is 13.5. The summed E-state index contributed by atoms with van der Waals surface area (Å²) in [5.41, 5.74) is 1.89. The SMILES string of the molecule is O=S(=O)(O)O.Oc1ccc2ccccc2n1.c1ccc2ncccc2c1. The monoisotopic (exact) mass is 372 g/mol. The number of aromatic nitrogens is 2. The Balaban J connectivity index is 0.000000151. The van der Waals surface area contributed by atoms with Crippen LogP contribution in [0.25, 0.3) is 21.8 Å². The van der Waals surface area contributed by atoms with Crippen LogP contribution in [0.15, 0.2) is 79.0 Å². The second-order valence-corrected chi connectivity index (χ2v) is 5.90. The van der Waals surface area contributed by atoms with E-state index in [0.717, 1.165) is 16.4 Å². The molecule has 0 spiro atoms. The Morgan fingerprint density at radius 2 is 1.19 bits per heavy atom. The van der Waals surface area contributed by atoms with Crippen molar-refractivity contribution in [1.29, 1.82) is 0 Å². The second kappa shape index (κ2) is 8.86.